The van der Waals surface area contributed by atoms with Crippen LogP contribution in [0.2, 0.25) is 5.15 Å². The molecule has 0 aliphatic carbocycles. The van der Waals surface area contributed by atoms with Gasteiger partial charge in [0.15, 0.2) is 0 Å². The van der Waals surface area contributed by atoms with Crippen LogP contribution in [-0.2, 0) is 7.05 Å². The first kappa shape index (κ1) is 6.36. The third kappa shape index (κ3) is 1.13. The van der Waals surface area contributed by atoms with Crippen molar-refractivity contribution in [2.75, 3.05) is 0 Å². The van der Waals surface area contributed by atoms with Crippen LogP contribution < -0.4 is 4.57 Å². The average Bonchev–Trinajstić information content (AvgIpc) is 1.83. The highest BCUT2D eigenvalue weighted by atomic mass is 35.5. The van der Waals surface area contributed by atoms with Gasteiger partial charge in [-0.1, -0.05) is 0 Å². The maximum atomic E-state index is 8.98. The fourth-order valence-corrected chi connectivity index (χ4v) is 0.706. The number of aromatic nitrogens is 1. The van der Waals surface area contributed by atoms with Gasteiger partial charge in [-0.15, -0.1) is 0 Å². The summed E-state index contributed by atoms with van der Waals surface area (Å²) in [4.78, 5) is 0. The van der Waals surface area contributed by atoms with E-state index in [2.05, 4.69) is 0 Å². The summed E-state index contributed by atoms with van der Waals surface area (Å²) in [5.41, 5.74) is 0. The van der Waals surface area contributed by atoms with Crippen molar-refractivity contribution in [2.24, 2.45) is 7.05 Å². The average molecular weight is 145 g/mol. The van der Waals surface area contributed by atoms with E-state index < -0.39 is 0 Å². The Morgan fingerprint density at radius 1 is 1.56 bits per heavy atom. The first-order chi connectivity index (χ1) is 4.22. The summed E-state index contributed by atoms with van der Waals surface area (Å²) in [5, 5.41) is 9.50. The normalized spacial score (nSPS) is 9.56. The number of pyridine rings is 1. The Labute approximate surface area is 58.3 Å². The van der Waals surface area contributed by atoms with Gasteiger partial charge in [0.05, 0.1) is 6.07 Å². The summed E-state index contributed by atoms with van der Waals surface area (Å²) in [6.45, 7) is 0. The standard InChI is InChI=1S/C6H6ClNO/c1-8-5(7)3-2-4-6(8)9/h2-4H,1H3/p+1. The molecule has 0 bridgehead atoms. The van der Waals surface area contributed by atoms with Gasteiger partial charge in [-0.3, -0.25) is 0 Å². The Hall–Kier alpha value is -0.760. The molecule has 0 unspecified atom stereocenters. The summed E-state index contributed by atoms with van der Waals surface area (Å²) in [6, 6.07) is 4.98. The van der Waals surface area contributed by atoms with Crippen LogP contribution in [0.25, 0.3) is 0 Å². The van der Waals surface area contributed by atoms with E-state index in [-0.39, 0.29) is 5.88 Å². The van der Waals surface area contributed by atoms with Crippen LogP contribution >= 0.6 is 11.6 Å². The fourth-order valence-electron chi connectivity index (χ4n) is 0.547. The molecule has 0 saturated carbocycles. The lowest BCUT2D eigenvalue weighted by Crippen LogP contribution is -2.28. The minimum absolute atomic E-state index is 0.169. The van der Waals surface area contributed by atoms with Crippen molar-refractivity contribution in [3.05, 3.63) is 23.4 Å². The smallest absolute Gasteiger partial charge is 0.366 e. The third-order valence-corrected chi connectivity index (χ3v) is 1.52. The molecule has 0 aliphatic heterocycles. The van der Waals surface area contributed by atoms with E-state index in [0.717, 1.165) is 0 Å². The molecular formula is C6H7ClNO+. The van der Waals surface area contributed by atoms with Crippen molar-refractivity contribution in [1.29, 1.82) is 0 Å². The van der Waals surface area contributed by atoms with Crippen LogP contribution in [0.3, 0.4) is 0 Å². The van der Waals surface area contributed by atoms with Crippen molar-refractivity contribution >= 4 is 11.6 Å². The molecule has 0 radical (unpaired) electrons. The van der Waals surface area contributed by atoms with Crippen molar-refractivity contribution in [2.45, 2.75) is 0 Å². The molecule has 0 amide bonds. The largest absolute Gasteiger partial charge is 0.460 e. The monoisotopic (exact) mass is 144 g/mol. The van der Waals surface area contributed by atoms with E-state index >= 15 is 0 Å². The van der Waals surface area contributed by atoms with E-state index in [1.54, 1.807) is 25.2 Å². The van der Waals surface area contributed by atoms with Crippen molar-refractivity contribution in [3.8, 4) is 5.88 Å². The maximum Gasteiger partial charge on any atom is 0.366 e. The number of halogens is 1. The third-order valence-electron chi connectivity index (χ3n) is 1.14. The highest BCUT2D eigenvalue weighted by molar-refractivity contribution is 6.28. The summed E-state index contributed by atoms with van der Waals surface area (Å²) in [7, 11) is 1.69. The number of aromatic hydroxyl groups is 1. The van der Waals surface area contributed by atoms with Gasteiger partial charge in [0.25, 0.3) is 5.15 Å². The Kier molecular flexibility index (Phi) is 1.58. The van der Waals surface area contributed by atoms with Gasteiger partial charge >= 0.3 is 5.88 Å². The van der Waals surface area contributed by atoms with Crippen molar-refractivity contribution in [3.63, 3.8) is 0 Å². The molecule has 0 atom stereocenters. The van der Waals surface area contributed by atoms with Gasteiger partial charge in [-0.05, 0) is 17.7 Å². The molecule has 1 aromatic heterocycles. The lowest BCUT2D eigenvalue weighted by Gasteiger charge is -1.90. The van der Waals surface area contributed by atoms with Gasteiger partial charge in [-0.2, -0.15) is 4.57 Å². The topological polar surface area (TPSA) is 24.1 Å². The lowest BCUT2D eigenvalue weighted by molar-refractivity contribution is -0.675. The molecule has 0 spiro atoms. The van der Waals surface area contributed by atoms with Gasteiger partial charge in [0.1, 0.15) is 7.05 Å². The number of hydrogen-bond donors (Lipinski definition) is 1. The molecule has 2 nitrogen and oxygen atoms in total. The molecule has 1 aromatic rings. The molecule has 0 saturated heterocycles. The zero-order valence-corrected chi connectivity index (χ0v) is 5.76. The minimum atomic E-state index is 0.169. The Morgan fingerprint density at radius 3 is 2.67 bits per heavy atom. The molecule has 1 N–H and O–H groups in total. The van der Waals surface area contributed by atoms with Gasteiger partial charge < -0.3 is 5.11 Å². The molecule has 0 aromatic carbocycles. The summed E-state index contributed by atoms with van der Waals surface area (Å²) < 4.78 is 1.49. The molecule has 1 heterocycles. The summed E-state index contributed by atoms with van der Waals surface area (Å²) in [5.74, 6) is 0.169. The molecule has 3 heteroatoms. The van der Waals surface area contributed by atoms with E-state index in [4.69, 9.17) is 16.7 Å². The SMILES string of the molecule is C[n+]1c(O)cccc1Cl. The second kappa shape index (κ2) is 2.23. The highest BCUT2D eigenvalue weighted by Gasteiger charge is 2.05. The van der Waals surface area contributed by atoms with E-state index in [0.29, 0.717) is 5.15 Å². The highest BCUT2D eigenvalue weighted by Crippen LogP contribution is 2.05. The quantitative estimate of drug-likeness (QED) is 0.424. The van der Waals surface area contributed by atoms with E-state index in [1.807, 2.05) is 0 Å². The maximum absolute atomic E-state index is 8.98. The van der Waals surface area contributed by atoms with Crippen LogP contribution in [-0.4, -0.2) is 5.11 Å². The molecule has 0 aliphatic rings. The second-order valence-electron chi connectivity index (χ2n) is 1.77. The Balaban J connectivity index is 3.25. The van der Waals surface area contributed by atoms with Crippen LogP contribution in [0.1, 0.15) is 0 Å². The molecule has 48 valence electrons. The molecular weight excluding hydrogens is 138 g/mol. The zero-order valence-electron chi connectivity index (χ0n) is 5.00. The van der Waals surface area contributed by atoms with Gasteiger partial charge in [0.2, 0.25) is 0 Å². The van der Waals surface area contributed by atoms with Gasteiger partial charge in [0, 0.05) is 6.07 Å². The first-order valence-electron chi connectivity index (χ1n) is 2.55. The van der Waals surface area contributed by atoms with Crippen molar-refractivity contribution < 1.29 is 9.67 Å². The molecule has 9 heavy (non-hydrogen) atoms. The predicted octanol–water partition coefficient (Wildman–Crippen LogP) is 0.870. The lowest BCUT2D eigenvalue weighted by atomic mass is 10.5. The second-order valence-corrected chi connectivity index (χ2v) is 2.15. The molecule has 0 fully saturated rings. The van der Waals surface area contributed by atoms with Crippen LogP contribution in [0.15, 0.2) is 18.2 Å². The van der Waals surface area contributed by atoms with Gasteiger partial charge in [-0.25, -0.2) is 0 Å². The van der Waals surface area contributed by atoms with Crippen LogP contribution in [0.5, 0.6) is 5.88 Å². The predicted molar refractivity (Wildman–Crippen MR) is 34.3 cm³/mol. The summed E-state index contributed by atoms with van der Waals surface area (Å²) >= 11 is 5.62. The van der Waals surface area contributed by atoms with E-state index in [9.17, 15) is 0 Å². The van der Waals surface area contributed by atoms with Crippen molar-refractivity contribution in [1.82, 2.24) is 0 Å². The van der Waals surface area contributed by atoms with Crippen LogP contribution in [0, 0.1) is 0 Å². The fraction of sp³-hybridized carbons (Fsp3) is 0.167. The minimum Gasteiger partial charge on any atom is -0.460 e. The number of rotatable bonds is 0. The Bertz CT molecular complexity index is 204. The Morgan fingerprint density at radius 2 is 2.22 bits per heavy atom. The zero-order chi connectivity index (χ0) is 6.85. The van der Waals surface area contributed by atoms with E-state index in [1.165, 1.54) is 4.57 Å². The number of nitrogens with zero attached hydrogens (tertiary/aromatic N) is 1. The first-order valence-corrected chi connectivity index (χ1v) is 2.93. The van der Waals surface area contributed by atoms with Crippen LogP contribution in [0.4, 0.5) is 0 Å². The number of hydrogen-bond acceptors (Lipinski definition) is 1. The molecule has 1 rings (SSSR count). The summed E-state index contributed by atoms with van der Waals surface area (Å²) in [6.07, 6.45) is 0.